The number of amides is 1. The number of halogens is 4. The molecule has 1 atom stereocenters. The van der Waals surface area contributed by atoms with Crippen molar-refractivity contribution < 1.29 is 18.3 Å². The molecule has 1 aliphatic heterocycles. The Morgan fingerprint density at radius 2 is 2.25 bits per heavy atom. The molecule has 1 fully saturated rings. The molecule has 1 heterocycles. The number of hydrogen-bond donors (Lipinski definition) is 2. The van der Waals surface area contributed by atoms with Crippen molar-refractivity contribution in [1.82, 2.24) is 5.32 Å². The minimum atomic E-state index is -2.93. The molecule has 1 saturated heterocycles. The van der Waals surface area contributed by atoms with Crippen molar-refractivity contribution >= 4 is 35.6 Å². The van der Waals surface area contributed by atoms with Crippen LogP contribution in [-0.4, -0.2) is 25.1 Å². The Kier molecular flexibility index (Phi) is 6.45. The topological polar surface area (TPSA) is 50.4 Å². The third-order valence-corrected chi connectivity index (χ3v) is 3.09. The molecule has 1 aromatic carbocycles. The fraction of sp³-hybridized carbons (Fsp3) is 0.417. The van der Waals surface area contributed by atoms with Gasteiger partial charge in [-0.2, -0.15) is 8.78 Å². The Bertz CT molecular complexity index is 469. The van der Waals surface area contributed by atoms with Crippen molar-refractivity contribution in [2.75, 3.05) is 11.9 Å². The number of carbonyl (C=O) groups is 1. The van der Waals surface area contributed by atoms with Crippen LogP contribution in [0.15, 0.2) is 18.2 Å². The van der Waals surface area contributed by atoms with Crippen LogP contribution < -0.4 is 15.4 Å². The first-order valence-electron chi connectivity index (χ1n) is 5.85. The quantitative estimate of drug-likeness (QED) is 0.894. The van der Waals surface area contributed by atoms with Gasteiger partial charge in [0, 0.05) is 5.69 Å². The highest BCUT2D eigenvalue weighted by atomic mass is 35.5. The Hall–Kier alpha value is -1.11. The third kappa shape index (κ3) is 4.47. The molecule has 2 rings (SSSR count). The summed E-state index contributed by atoms with van der Waals surface area (Å²) in [5, 5.41) is 5.76. The standard InChI is InChI=1S/C12H13ClF2N2O2.ClH/c13-8-6-7(3-4-10(8)19-12(14)15)17-11(18)9-2-1-5-16-9;/h3-4,6,9,12,16H,1-2,5H2,(H,17,18);1H. The average molecular weight is 327 g/mol. The number of anilines is 1. The lowest BCUT2D eigenvalue weighted by molar-refractivity contribution is -0.117. The van der Waals surface area contributed by atoms with Gasteiger partial charge in [-0.15, -0.1) is 12.4 Å². The highest BCUT2D eigenvalue weighted by molar-refractivity contribution is 6.32. The van der Waals surface area contributed by atoms with Gasteiger partial charge in [0.25, 0.3) is 0 Å². The molecule has 0 radical (unpaired) electrons. The first kappa shape index (κ1) is 16.9. The van der Waals surface area contributed by atoms with E-state index in [2.05, 4.69) is 15.4 Å². The lowest BCUT2D eigenvalue weighted by Crippen LogP contribution is -2.35. The summed E-state index contributed by atoms with van der Waals surface area (Å²) in [6.45, 7) is -2.11. The molecular formula is C12H14Cl2F2N2O2. The van der Waals surface area contributed by atoms with Crippen LogP contribution in [0.2, 0.25) is 5.02 Å². The van der Waals surface area contributed by atoms with Crippen molar-refractivity contribution in [2.24, 2.45) is 0 Å². The van der Waals surface area contributed by atoms with E-state index in [4.69, 9.17) is 11.6 Å². The second-order valence-electron chi connectivity index (χ2n) is 4.16. The molecule has 1 unspecified atom stereocenters. The Morgan fingerprint density at radius 3 is 2.80 bits per heavy atom. The summed E-state index contributed by atoms with van der Waals surface area (Å²) >= 11 is 5.79. The molecule has 0 aliphatic carbocycles. The van der Waals surface area contributed by atoms with E-state index in [1.165, 1.54) is 18.2 Å². The van der Waals surface area contributed by atoms with Crippen LogP contribution in [0.1, 0.15) is 12.8 Å². The molecule has 1 aliphatic rings. The summed E-state index contributed by atoms with van der Waals surface area (Å²) in [5.74, 6) is -0.273. The maximum absolute atomic E-state index is 12.1. The van der Waals surface area contributed by atoms with Gasteiger partial charge in [-0.1, -0.05) is 11.6 Å². The van der Waals surface area contributed by atoms with Crippen molar-refractivity contribution in [3.8, 4) is 5.75 Å². The van der Waals surface area contributed by atoms with E-state index < -0.39 is 6.61 Å². The van der Waals surface area contributed by atoms with E-state index in [0.717, 1.165) is 19.4 Å². The predicted molar refractivity (Wildman–Crippen MR) is 75.0 cm³/mol. The molecule has 1 aromatic rings. The van der Waals surface area contributed by atoms with Gasteiger partial charge in [-0.05, 0) is 37.6 Å². The zero-order valence-corrected chi connectivity index (χ0v) is 11.9. The summed E-state index contributed by atoms with van der Waals surface area (Å²) in [6, 6.07) is 3.94. The SMILES string of the molecule is Cl.O=C(Nc1ccc(OC(F)F)c(Cl)c1)C1CCCN1. The molecule has 0 bridgehead atoms. The van der Waals surface area contributed by atoms with E-state index >= 15 is 0 Å². The maximum atomic E-state index is 12.1. The van der Waals surface area contributed by atoms with Gasteiger partial charge in [0.15, 0.2) is 0 Å². The molecule has 0 spiro atoms. The van der Waals surface area contributed by atoms with Gasteiger partial charge in [-0.3, -0.25) is 4.79 Å². The fourth-order valence-electron chi connectivity index (χ4n) is 1.91. The average Bonchev–Trinajstić information content (AvgIpc) is 2.86. The summed E-state index contributed by atoms with van der Waals surface area (Å²) in [4.78, 5) is 11.8. The lowest BCUT2D eigenvalue weighted by Gasteiger charge is -2.12. The zero-order chi connectivity index (χ0) is 13.8. The summed E-state index contributed by atoms with van der Waals surface area (Å²) in [6.07, 6.45) is 1.74. The Balaban J connectivity index is 0.00000200. The number of benzene rings is 1. The van der Waals surface area contributed by atoms with Crippen LogP contribution in [0.3, 0.4) is 0 Å². The minimum Gasteiger partial charge on any atom is -0.433 e. The van der Waals surface area contributed by atoms with Gasteiger partial charge in [0.2, 0.25) is 5.91 Å². The van der Waals surface area contributed by atoms with Gasteiger partial charge in [0.1, 0.15) is 5.75 Å². The van der Waals surface area contributed by atoms with E-state index in [9.17, 15) is 13.6 Å². The Morgan fingerprint density at radius 1 is 1.50 bits per heavy atom. The van der Waals surface area contributed by atoms with Crippen molar-refractivity contribution in [3.63, 3.8) is 0 Å². The Labute approximate surface area is 126 Å². The maximum Gasteiger partial charge on any atom is 0.387 e. The van der Waals surface area contributed by atoms with Gasteiger partial charge >= 0.3 is 6.61 Å². The van der Waals surface area contributed by atoms with Crippen LogP contribution in [-0.2, 0) is 4.79 Å². The number of alkyl halides is 2. The highest BCUT2D eigenvalue weighted by Gasteiger charge is 2.22. The smallest absolute Gasteiger partial charge is 0.387 e. The van der Waals surface area contributed by atoms with Crippen molar-refractivity contribution in [2.45, 2.75) is 25.5 Å². The second kappa shape index (κ2) is 7.61. The van der Waals surface area contributed by atoms with E-state index in [1.807, 2.05) is 0 Å². The molecule has 0 aromatic heterocycles. The molecular weight excluding hydrogens is 313 g/mol. The van der Waals surface area contributed by atoms with E-state index in [1.54, 1.807) is 0 Å². The number of hydrogen-bond acceptors (Lipinski definition) is 3. The normalized spacial score (nSPS) is 17.7. The first-order valence-corrected chi connectivity index (χ1v) is 6.22. The van der Waals surface area contributed by atoms with Gasteiger partial charge in [0.05, 0.1) is 11.1 Å². The molecule has 0 saturated carbocycles. The summed E-state index contributed by atoms with van der Waals surface area (Å²) in [5.41, 5.74) is 0.449. The molecule has 4 nitrogen and oxygen atoms in total. The second-order valence-corrected chi connectivity index (χ2v) is 4.57. The van der Waals surface area contributed by atoms with Crippen LogP contribution in [0.4, 0.5) is 14.5 Å². The van der Waals surface area contributed by atoms with Crippen LogP contribution in [0, 0.1) is 0 Å². The monoisotopic (exact) mass is 326 g/mol. The number of nitrogens with one attached hydrogen (secondary N) is 2. The summed E-state index contributed by atoms with van der Waals surface area (Å²) < 4.78 is 28.3. The molecule has 20 heavy (non-hydrogen) atoms. The highest BCUT2D eigenvalue weighted by Crippen LogP contribution is 2.29. The predicted octanol–water partition coefficient (Wildman–Crippen LogP) is 3.05. The van der Waals surface area contributed by atoms with Crippen molar-refractivity contribution in [1.29, 1.82) is 0 Å². The number of carbonyl (C=O) groups excluding carboxylic acids is 1. The lowest BCUT2D eigenvalue weighted by atomic mass is 10.2. The van der Waals surface area contributed by atoms with E-state index in [-0.39, 0.29) is 35.1 Å². The number of rotatable bonds is 4. The largest absolute Gasteiger partial charge is 0.433 e. The van der Waals surface area contributed by atoms with Gasteiger partial charge < -0.3 is 15.4 Å². The van der Waals surface area contributed by atoms with Crippen LogP contribution in [0.25, 0.3) is 0 Å². The number of ether oxygens (including phenoxy) is 1. The van der Waals surface area contributed by atoms with Crippen LogP contribution in [0.5, 0.6) is 5.75 Å². The zero-order valence-electron chi connectivity index (χ0n) is 10.4. The molecule has 8 heteroatoms. The van der Waals surface area contributed by atoms with Crippen LogP contribution >= 0.6 is 24.0 Å². The van der Waals surface area contributed by atoms with Crippen molar-refractivity contribution in [3.05, 3.63) is 23.2 Å². The third-order valence-electron chi connectivity index (χ3n) is 2.79. The van der Waals surface area contributed by atoms with Gasteiger partial charge in [-0.25, -0.2) is 0 Å². The minimum absolute atomic E-state index is 0. The van der Waals surface area contributed by atoms with E-state index in [0.29, 0.717) is 5.69 Å². The fourth-order valence-corrected chi connectivity index (χ4v) is 2.13. The molecule has 1 amide bonds. The molecule has 2 N–H and O–H groups in total. The first-order chi connectivity index (χ1) is 9.06. The summed E-state index contributed by atoms with van der Waals surface area (Å²) in [7, 11) is 0. The molecule has 112 valence electrons.